The molecule has 1 aliphatic heterocycles. The molecule has 1 aliphatic carbocycles. The number of likely N-dealkylation sites (N-methyl/N-ethyl adjacent to an activating group) is 1. The first-order valence-electron chi connectivity index (χ1n) is 13.4. The number of aliphatic hydroxyl groups excluding tert-OH is 1. The van der Waals surface area contributed by atoms with Crippen molar-refractivity contribution in [1.29, 1.82) is 0 Å². The third-order valence-corrected chi connectivity index (χ3v) is 7.37. The molecule has 0 spiro atoms. The first-order valence-corrected chi connectivity index (χ1v) is 13.4. The molecule has 0 radical (unpaired) electrons. The maximum absolute atomic E-state index is 13.4. The van der Waals surface area contributed by atoms with Crippen LogP contribution in [0.3, 0.4) is 0 Å². The number of aliphatic hydroxyl groups is 1. The van der Waals surface area contributed by atoms with Gasteiger partial charge in [0.05, 0.1) is 29.7 Å². The Bertz CT molecular complexity index is 1110. The molecule has 6 atom stereocenters. The number of carbonyl (C=O) groups excluding carboxylic acids is 4. The van der Waals surface area contributed by atoms with Crippen molar-refractivity contribution in [2.45, 2.75) is 77.8 Å². The summed E-state index contributed by atoms with van der Waals surface area (Å²) >= 11 is 0. The van der Waals surface area contributed by atoms with Gasteiger partial charge in [-0.05, 0) is 51.0 Å². The van der Waals surface area contributed by atoms with E-state index in [2.05, 4.69) is 10.6 Å². The first kappa shape index (κ1) is 32.9. The maximum atomic E-state index is 13.4. The molecule has 0 saturated heterocycles. The summed E-state index contributed by atoms with van der Waals surface area (Å²) in [4.78, 5) is 50.8. The van der Waals surface area contributed by atoms with E-state index in [1.807, 2.05) is 13.8 Å². The molecule has 0 saturated carbocycles. The molecule has 0 fully saturated rings. The fourth-order valence-corrected chi connectivity index (χ4v) is 5.16. The predicted octanol–water partition coefficient (Wildman–Crippen LogP) is 2.21. The maximum Gasteiger partial charge on any atom is 0.405 e. The molecule has 11 heteroatoms. The van der Waals surface area contributed by atoms with Crippen LogP contribution in [0.2, 0.25) is 0 Å². The van der Waals surface area contributed by atoms with E-state index in [1.54, 1.807) is 33.0 Å². The third-order valence-electron chi connectivity index (χ3n) is 7.37. The lowest BCUT2D eigenvalue weighted by Gasteiger charge is -2.30. The Balaban J connectivity index is 2.54. The van der Waals surface area contributed by atoms with Crippen LogP contribution in [0.1, 0.15) is 53.4 Å². The van der Waals surface area contributed by atoms with Gasteiger partial charge >= 0.3 is 6.09 Å². The van der Waals surface area contributed by atoms with E-state index >= 15 is 0 Å². The average molecular weight is 562 g/mol. The van der Waals surface area contributed by atoms with E-state index in [1.165, 1.54) is 14.2 Å². The minimum atomic E-state index is -0.963. The van der Waals surface area contributed by atoms with Crippen molar-refractivity contribution in [2.75, 3.05) is 21.3 Å². The highest BCUT2D eigenvalue weighted by Gasteiger charge is 2.33. The van der Waals surface area contributed by atoms with Crippen LogP contribution in [0, 0.1) is 11.8 Å². The van der Waals surface area contributed by atoms with Gasteiger partial charge in [-0.2, -0.15) is 0 Å². The zero-order valence-electron chi connectivity index (χ0n) is 24.4. The smallest absolute Gasteiger partial charge is 0.405 e. The van der Waals surface area contributed by atoms with E-state index in [-0.39, 0.29) is 29.3 Å². The number of rotatable bonds is 4. The van der Waals surface area contributed by atoms with Crippen LogP contribution < -0.4 is 16.4 Å². The molecule has 2 bridgehead atoms. The second kappa shape index (κ2) is 14.9. The largest absolute Gasteiger partial charge is 0.439 e. The number of carbonyl (C=O) groups is 4. The van der Waals surface area contributed by atoms with Crippen LogP contribution in [0.5, 0.6) is 0 Å². The number of Topliss-reactive ketones (excluding diaryl/α,β-unsaturated/α-hetero) is 1. The van der Waals surface area contributed by atoms with Crippen molar-refractivity contribution in [3.05, 3.63) is 46.3 Å². The number of primary amides is 1. The summed E-state index contributed by atoms with van der Waals surface area (Å²) in [5, 5.41) is 16.6. The van der Waals surface area contributed by atoms with Crippen molar-refractivity contribution in [2.24, 2.45) is 17.6 Å². The SMILES string of the molecule is CNC1=C2C[C@@H](C)C[C@H](OC)[C@H](O)[C@@H](C)/C=C(\C)C(OC(N)=O)[C@@H](OC)CC/C=C(\C)C(=O)NC(=CC1=O)C2=O. The van der Waals surface area contributed by atoms with Crippen LogP contribution in [0.4, 0.5) is 4.79 Å². The van der Waals surface area contributed by atoms with Gasteiger partial charge in [-0.3, -0.25) is 14.4 Å². The molecular formula is C29H43N3O8. The third kappa shape index (κ3) is 8.36. The molecule has 0 aromatic carbocycles. The standard InChI is InChI=1S/C29H43N3O8/c1-15-11-19-24(31-5)21(33)14-20(26(19)35)32-28(36)16(2)9-8-10-22(38-6)27(40-29(30)37)18(4)13-17(3)25(34)23(12-15)39-7/h9,13-15,17,22-23,25,27,31,34H,8,10-12H2,1-7H3,(H2,30,37)(H,32,36)/b16-9+,18-13+/t15-,17+,22+,23+,25-,27?/m1/s1. The van der Waals surface area contributed by atoms with Gasteiger partial charge in [-0.1, -0.05) is 26.0 Å². The highest BCUT2D eigenvalue weighted by molar-refractivity contribution is 6.23. The Hall–Kier alpha value is -3.28. The lowest BCUT2D eigenvalue weighted by atomic mass is 9.85. The fourth-order valence-electron chi connectivity index (χ4n) is 5.16. The quantitative estimate of drug-likeness (QED) is 0.297. The molecule has 2 amide bonds. The number of ether oxygens (including phenoxy) is 3. The number of methoxy groups -OCH3 is 2. The van der Waals surface area contributed by atoms with E-state index < -0.39 is 53.9 Å². The monoisotopic (exact) mass is 561 g/mol. The molecule has 0 aromatic heterocycles. The number of ketones is 2. The number of hydrogen-bond acceptors (Lipinski definition) is 9. The van der Waals surface area contributed by atoms with Crippen molar-refractivity contribution >= 4 is 23.6 Å². The molecule has 0 aromatic rings. The molecule has 11 nitrogen and oxygen atoms in total. The van der Waals surface area contributed by atoms with Crippen molar-refractivity contribution in [1.82, 2.24) is 10.6 Å². The normalized spacial score (nSPS) is 32.3. The van der Waals surface area contributed by atoms with E-state index in [9.17, 15) is 24.3 Å². The van der Waals surface area contributed by atoms with Gasteiger partial charge in [0.2, 0.25) is 11.6 Å². The summed E-state index contributed by atoms with van der Waals surface area (Å²) in [6.45, 7) is 7.09. The minimum absolute atomic E-state index is 0.0941. The van der Waals surface area contributed by atoms with Gasteiger partial charge in [-0.15, -0.1) is 0 Å². The van der Waals surface area contributed by atoms with Crippen molar-refractivity contribution in [3.63, 3.8) is 0 Å². The summed E-state index contributed by atoms with van der Waals surface area (Å²) in [6, 6.07) is 0. The molecule has 1 unspecified atom stereocenters. The highest BCUT2D eigenvalue weighted by atomic mass is 16.6. The average Bonchev–Trinajstić information content (AvgIpc) is 2.90. The molecule has 1 heterocycles. The van der Waals surface area contributed by atoms with E-state index in [4.69, 9.17) is 19.9 Å². The topological polar surface area (TPSA) is 166 Å². The summed E-state index contributed by atoms with van der Waals surface area (Å²) in [7, 11) is 4.55. The Kier molecular flexibility index (Phi) is 12.3. The molecule has 222 valence electrons. The highest BCUT2D eigenvalue weighted by Crippen LogP contribution is 2.29. The van der Waals surface area contributed by atoms with Crippen LogP contribution >= 0.6 is 0 Å². The number of nitrogens with two attached hydrogens (primary N) is 1. The Labute approximate surface area is 235 Å². The van der Waals surface area contributed by atoms with Gasteiger partial charge in [0.1, 0.15) is 0 Å². The van der Waals surface area contributed by atoms with Gasteiger partial charge in [0.25, 0.3) is 5.91 Å². The van der Waals surface area contributed by atoms with Crippen LogP contribution in [-0.2, 0) is 28.6 Å². The fraction of sp³-hybridized carbons (Fsp3) is 0.586. The van der Waals surface area contributed by atoms with Crippen molar-refractivity contribution in [3.8, 4) is 0 Å². The molecule has 5 N–H and O–H groups in total. The molecular weight excluding hydrogens is 518 g/mol. The van der Waals surface area contributed by atoms with Gasteiger partial charge in [0.15, 0.2) is 6.10 Å². The number of nitrogens with one attached hydrogen (secondary N) is 2. The molecule has 40 heavy (non-hydrogen) atoms. The Morgan fingerprint density at radius 2 is 1.77 bits per heavy atom. The zero-order chi connectivity index (χ0) is 30.1. The van der Waals surface area contributed by atoms with Crippen molar-refractivity contribution < 1.29 is 38.5 Å². The number of allylic oxidation sites excluding steroid dienone is 3. The molecule has 2 aliphatic rings. The van der Waals surface area contributed by atoms with Gasteiger partial charge in [0, 0.05) is 44.4 Å². The van der Waals surface area contributed by atoms with Gasteiger partial charge in [-0.25, -0.2) is 4.79 Å². The summed E-state index contributed by atoms with van der Waals surface area (Å²) in [5.74, 6) is -1.94. The lowest BCUT2D eigenvalue weighted by Crippen LogP contribution is -2.38. The van der Waals surface area contributed by atoms with Crippen LogP contribution in [0.15, 0.2) is 46.3 Å². The van der Waals surface area contributed by atoms with E-state index in [0.717, 1.165) is 6.08 Å². The summed E-state index contributed by atoms with van der Waals surface area (Å²) in [5.41, 5.74) is 6.68. The summed E-state index contributed by atoms with van der Waals surface area (Å²) < 4.78 is 16.7. The Morgan fingerprint density at radius 1 is 1.12 bits per heavy atom. The van der Waals surface area contributed by atoms with Crippen LogP contribution in [0.25, 0.3) is 0 Å². The van der Waals surface area contributed by atoms with E-state index in [0.29, 0.717) is 30.4 Å². The second-order valence-corrected chi connectivity index (χ2v) is 10.5. The second-order valence-electron chi connectivity index (χ2n) is 10.5. The predicted molar refractivity (Wildman–Crippen MR) is 149 cm³/mol. The lowest BCUT2D eigenvalue weighted by molar-refractivity contribution is -0.120. The Morgan fingerprint density at radius 3 is 2.35 bits per heavy atom. The summed E-state index contributed by atoms with van der Waals surface area (Å²) in [6.07, 6.45) is 2.06. The van der Waals surface area contributed by atoms with Gasteiger partial charge < -0.3 is 35.7 Å². The minimum Gasteiger partial charge on any atom is -0.439 e. The molecule has 2 rings (SSSR count). The number of fused-ring (bicyclic) bond motifs is 2. The van der Waals surface area contributed by atoms with Crippen LogP contribution in [-0.4, -0.2) is 74.4 Å². The number of amides is 2. The first-order chi connectivity index (χ1) is 18.8. The number of hydrogen-bond donors (Lipinski definition) is 4. The zero-order valence-corrected chi connectivity index (χ0v) is 24.4.